The van der Waals surface area contributed by atoms with Crippen LogP contribution in [0.4, 0.5) is 5.69 Å². The van der Waals surface area contributed by atoms with E-state index in [0.29, 0.717) is 10.8 Å². The summed E-state index contributed by atoms with van der Waals surface area (Å²) in [5.74, 6) is -0.934. The highest BCUT2D eigenvalue weighted by Gasteiger charge is 2.19. The molecular formula is C16H16ClNO3. The highest BCUT2D eigenvalue weighted by molar-refractivity contribution is 6.32. The number of hydrogen-bond acceptors (Lipinski definition) is 3. The number of ether oxygens (including phenoxy) is 1. The van der Waals surface area contributed by atoms with Gasteiger partial charge in [-0.2, -0.15) is 0 Å². The second-order valence-corrected chi connectivity index (χ2v) is 4.94. The van der Waals surface area contributed by atoms with E-state index in [1.807, 2.05) is 30.3 Å². The van der Waals surface area contributed by atoms with Crippen LogP contribution in [0.25, 0.3) is 0 Å². The molecule has 2 aromatic rings. The zero-order chi connectivity index (χ0) is 15.2. The third kappa shape index (κ3) is 3.89. The van der Waals surface area contributed by atoms with Gasteiger partial charge in [0, 0.05) is 18.3 Å². The van der Waals surface area contributed by atoms with Gasteiger partial charge in [-0.25, -0.2) is 0 Å². The summed E-state index contributed by atoms with van der Waals surface area (Å²) in [6.07, 6.45) is 0. The molecule has 0 bridgehead atoms. The number of halogens is 1. The second-order valence-electron chi connectivity index (χ2n) is 4.53. The van der Waals surface area contributed by atoms with Gasteiger partial charge in [0.25, 0.3) is 0 Å². The van der Waals surface area contributed by atoms with Gasteiger partial charge in [0.2, 0.25) is 0 Å². The molecule has 0 saturated carbocycles. The topological polar surface area (TPSA) is 58.6 Å². The number of nitrogens with one attached hydrogen (secondary N) is 1. The van der Waals surface area contributed by atoms with Crippen LogP contribution < -0.4 is 10.1 Å². The van der Waals surface area contributed by atoms with Crippen LogP contribution >= 0.6 is 11.6 Å². The second kappa shape index (κ2) is 6.99. The van der Waals surface area contributed by atoms with E-state index in [4.69, 9.17) is 16.3 Å². The molecule has 0 spiro atoms. The van der Waals surface area contributed by atoms with Crippen molar-refractivity contribution in [3.05, 3.63) is 59.1 Å². The van der Waals surface area contributed by atoms with Gasteiger partial charge in [0.1, 0.15) is 5.75 Å². The van der Waals surface area contributed by atoms with Gasteiger partial charge >= 0.3 is 5.97 Å². The Balaban J connectivity index is 2.11. The Morgan fingerprint density at radius 1 is 1.29 bits per heavy atom. The van der Waals surface area contributed by atoms with Crippen LogP contribution in [0.15, 0.2) is 48.5 Å². The summed E-state index contributed by atoms with van der Waals surface area (Å²) >= 11 is 5.96. The largest absolute Gasteiger partial charge is 0.495 e. The van der Waals surface area contributed by atoms with Crippen LogP contribution in [-0.4, -0.2) is 24.7 Å². The normalized spacial score (nSPS) is 11.7. The Labute approximate surface area is 128 Å². The van der Waals surface area contributed by atoms with E-state index in [2.05, 4.69) is 5.32 Å². The minimum atomic E-state index is -0.866. The molecule has 21 heavy (non-hydrogen) atoms. The lowest BCUT2D eigenvalue weighted by molar-refractivity contribution is -0.138. The van der Waals surface area contributed by atoms with Crippen molar-refractivity contribution in [3.8, 4) is 5.75 Å². The van der Waals surface area contributed by atoms with Crippen LogP contribution in [-0.2, 0) is 4.79 Å². The first-order chi connectivity index (χ1) is 10.1. The van der Waals surface area contributed by atoms with Gasteiger partial charge in [-0.1, -0.05) is 41.9 Å². The molecule has 4 nitrogen and oxygen atoms in total. The molecule has 0 aliphatic rings. The molecular weight excluding hydrogens is 290 g/mol. The molecule has 0 aliphatic heterocycles. The number of rotatable bonds is 6. The van der Waals surface area contributed by atoms with Crippen LogP contribution in [0.3, 0.4) is 0 Å². The SMILES string of the molecule is COc1cc(NCC(C(=O)O)c2ccccc2)ccc1Cl. The number of anilines is 1. The quantitative estimate of drug-likeness (QED) is 0.855. The molecule has 0 saturated heterocycles. The fourth-order valence-electron chi connectivity index (χ4n) is 2.02. The molecule has 0 aliphatic carbocycles. The van der Waals surface area contributed by atoms with Crippen LogP contribution in [0, 0.1) is 0 Å². The maximum absolute atomic E-state index is 11.4. The maximum Gasteiger partial charge on any atom is 0.312 e. The Hall–Kier alpha value is -2.20. The highest BCUT2D eigenvalue weighted by atomic mass is 35.5. The van der Waals surface area contributed by atoms with Gasteiger partial charge in [0.15, 0.2) is 0 Å². The van der Waals surface area contributed by atoms with Crippen LogP contribution in [0.1, 0.15) is 11.5 Å². The highest BCUT2D eigenvalue weighted by Crippen LogP contribution is 2.28. The third-order valence-corrected chi connectivity index (χ3v) is 3.47. The lowest BCUT2D eigenvalue weighted by Crippen LogP contribution is -2.20. The number of carboxylic acids is 1. The summed E-state index contributed by atoms with van der Waals surface area (Å²) in [6, 6.07) is 14.4. The monoisotopic (exact) mass is 305 g/mol. The van der Waals surface area contributed by atoms with Crippen molar-refractivity contribution in [1.82, 2.24) is 0 Å². The Morgan fingerprint density at radius 2 is 2.00 bits per heavy atom. The van der Waals surface area contributed by atoms with E-state index >= 15 is 0 Å². The Bertz CT molecular complexity index is 616. The van der Waals surface area contributed by atoms with Crippen molar-refractivity contribution in [2.75, 3.05) is 19.0 Å². The van der Waals surface area contributed by atoms with Crippen molar-refractivity contribution in [1.29, 1.82) is 0 Å². The maximum atomic E-state index is 11.4. The number of carboxylic acid groups (broad SMARTS) is 1. The van der Waals surface area contributed by atoms with E-state index in [1.165, 1.54) is 7.11 Å². The fourth-order valence-corrected chi connectivity index (χ4v) is 2.22. The summed E-state index contributed by atoms with van der Waals surface area (Å²) in [5, 5.41) is 13.0. The van der Waals surface area contributed by atoms with E-state index < -0.39 is 11.9 Å². The van der Waals surface area contributed by atoms with Gasteiger partial charge in [-0.05, 0) is 17.7 Å². The average Bonchev–Trinajstić information content (AvgIpc) is 2.49. The Morgan fingerprint density at radius 3 is 2.62 bits per heavy atom. The van der Waals surface area contributed by atoms with Gasteiger partial charge in [0.05, 0.1) is 18.1 Å². The molecule has 5 heteroatoms. The predicted octanol–water partition coefficient (Wildman–Crippen LogP) is 3.63. The van der Waals surface area contributed by atoms with Crippen LogP contribution in [0.2, 0.25) is 5.02 Å². The molecule has 1 atom stereocenters. The summed E-state index contributed by atoms with van der Waals surface area (Å²) in [7, 11) is 1.54. The summed E-state index contributed by atoms with van der Waals surface area (Å²) in [6.45, 7) is 0.282. The van der Waals surface area contributed by atoms with Crippen molar-refractivity contribution >= 4 is 23.3 Å². The van der Waals surface area contributed by atoms with Crippen molar-refractivity contribution in [3.63, 3.8) is 0 Å². The lowest BCUT2D eigenvalue weighted by Gasteiger charge is -2.15. The molecule has 0 heterocycles. The first-order valence-corrected chi connectivity index (χ1v) is 6.84. The molecule has 110 valence electrons. The number of aliphatic carboxylic acids is 1. The molecule has 0 amide bonds. The van der Waals surface area contributed by atoms with Crippen molar-refractivity contribution in [2.45, 2.75) is 5.92 Å². The molecule has 0 radical (unpaired) electrons. The van der Waals surface area contributed by atoms with Gasteiger partial charge < -0.3 is 15.2 Å². The van der Waals surface area contributed by atoms with Crippen molar-refractivity contribution < 1.29 is 14.6 Å². The van der Waals surface area contributed by atoms with E-state index in [0.717, 1.165) is 11.3 Å². The van der Waals surface area contributed by atoms with Crippen LogP contribution in [0.5, 0.6) is 5.75 Å². The summed E-state index contributed by atoms with van der Waals surface area (Å²) in [5.41, 5.74) is 1.52. The molecule has 0 fully saturated rings. The third-order valence-electron chi connectivity index (χ3n) is 3.16. The van der Waals surface area contributed by atoms with Crippen molar-refractivity contribution in [2.24, 2.45) is 0 Å². The summed E-state index contributed by atoms with van der Waals surface area (Å²) in [4.78, 5) is 11.4. The van der Waals surface area contributed by atoms with Gasteiger partial charge in [-0.15, -0.1) is 0 Å². The number of benzene rings is 2. The molecule has 1 unspecified atom stereocenters. The zero-order valence-corrected chi connectivity index (χ0v) is 12.3. The standard InChI is InChI=1S/C16H16ClNO3/c1-21-15-9-12(7-8-14(15)17)18-10-13(16(19)20)11-5-3-2-4-6-11/h2-9,13,18H,10H2,1H3,(H,19,20). The minimum Gasteiger partial charge on any atom is -0.495 e. The van der Waals surface area contributed by atoms with E-state index in [1.54, 1.807) is 18.2 Å². The number of carbonyl (C=O) groups is 1. The first kappa shape index (κ1) is 15.2. The molecule has 0 aromatic heterocycles. The predicted molar refractivity (Wildman–Crippen MR) is 83.3 cm³/mol. The fraction of sp³-hybridized carbons (Fsp3) is 0.188. The molecule has 2 aromatic carbocycles. The smallest absolute Gasteiger partial charge is 0.312 e. The zero-order valence-electron chi connectivity index (χ0n) is 11.5. The summed E-state index contributed by atoms with van der Waals surface area (Å²) < 4.78 is 5.14. The number of methoxy groups -OCH3 is 1. The first-order valence-electron chi connectivity index (χ1n) is 6.47. The molecule has 2 N–H and O–H groups in total. The average molecular weight is 306 g/mol. The molecule has 2 rings (SSSR count). The number of hydrogen-bond donors (Lipinski definition) is 2. The Kier molecular flexibility index (Phi) is 5.06. The lowest BCUT2D eigenvalue weighted by atomic mass is 9.99. The van der Waals surface area contributed by atoms with E-state index in [-0.39, 0.29) is 6.54 Å². The van der Waals surface area contributed by atoms with Gasteiger partial charge in [-0.3, -0.25) is 4.79 Å². The van der Waals surface area contributed by atoms with E-state index in [9.17, 15) is 9.90 Å². The minimum absolute atomic E-state index is 0.282.